The number of carbonyl (C=O) groups excluding carboxylic acids is 2. The van der Waals surface area contributed by atoms with E-state index < -0.39 is 6.04 Å². The maximum absolute atomic E-state index is 12.7. The van der Waals surface area contributed by atoms with Gasteiger partial charge in [-0.1, -0.05) is 26.0 Å². The summed E-state index contributed by atoms with van der Waals surface area (Å²) < 4.78 is 5.49. The zero-order valence-electron chi connectivity index (χ0n) is 15.7. The third-order valence-corrected chi connectivity index (χ3v) is 3.95. The number of anilines is 1. The zero-order valence-corrected chi connectivity index (χ0v) is 15.7. The van der Waals surface area contributed by atoms with Gasteiger partial charge in [-0.25, -0.2) is 0 Å². The van der Waals surface area contributed by atoms with Crippen molar-refractivity contribution in [2.45, 2.75) is 26.8 Å². The first-order valence-corrected chi connectivity index (χ1v) is 8.80. The van der Waals surface area contributed by atoms with E-state index in [9.17, 15) is 9.59 Å². The summed E-state index contributed by atoms with van der Waals surface area (Å²) in [5.41, 5.74) is 1.46. The number of nitriles is 1. The largest absolute Gasteiger partial charge is 0.493 e. The first-order chi connectivity index (χ1) is 13.0. The van der Waals surface area contributed by atoms with Gasteiger partial charge >= 0.3 is 0 Å². The number of hydrogen-bond acceptors (Lipinski definition) is 4. The van der Waals surface area contributed by atoms with Crippen molar-refractivity contribution in [1.29, 1.82) is 5.26 Å². The molecule has 0 bridgehead atoms. The third kappa shape index (κ3) is 5.32. The van der Waals surface area contributed by atoms with Crippen LogP contribution in [0.5, 0.6) is 5.75 Å². The quantitative estimate of drug-likeness (QED) is 0.787. The lowest BCUT2D eigenvalue weighted by Gasteiger charge is -2.22. The lowest BCUT2D eigenvalue weighted by Crippen LogP contribution is -2.47. The van der Waals surface area contributed by atoms with E-state index in [1.165, 1.54) is 0 Å². The molecule has 0 aliphatic rings. The Labute approximate surface area is 159 Å². The summed E-state index contributed by atoms with van der Waals surface area (Å²) in [4.78, 5) is 25.4. The number of nitrogens with one attached hydrogen (secondary N) is 2. The van der Waals surface area contributed by atoms with Crippen LogP contribution in [0.3, 0.4) is 0 Å². The van der Waals surface area contributed by atoms with Gasteiger partial charge in [0.1, 0.15) is 11.8 Å². The highest BCUT2D eigenvalue weighted by atomic mass is 16.5. The van der Waals surface area contributed by atoms with Gasteiger partial charge in [0.15, 0.2) is 0 Å². The van der Waals surface area contributed by atoms with Crippen molar-refractivity contribution in [3.05, 3.63) is 59.7 Å². The minimum atomic E-state index is -0.720. The molecule has 6 nitrogen and oxygen atoms in total. The van der Waals surface area contributed by atoms with Crippen molar-refractivity contribution in [2.75, 3.05) is 11.9 Å². The highest BCUT2D eigenvalue weighted by molar-refractivity contribution is 6.02. The molecular formula is C21H23N3O3. The molecule has 0 spiro atoms. The molecule has 2 rings (SSSR count). The van der Waals surface area contributed by atoms with Crippen molar-refractivity contribution < 1.29 is 14.3 Å². The van der Waals surface area contributed by atoms with Crippen LogP contribution in [0.25, 0.3) is 0 Å². The van der Waals surface area contributed by atoms with Gasteiger partial charge < -0.3 is 15.4 Å². The van der Waals surface area contributed by atoms with Crippen molar-refractivity contribution in [3.8, 4) is 11.8 Å². The topological polar surface area (TPSA) is 91.2 Å². The minimum Gasteiger partial charge on any atom is -0.493 e. The smallest absolute Gasteiger partial charge is 0.255 e. The van der Waals surface area contributed by atoms with E-state index in [1.807, 2.05) is 26.8 Å². The Morgan fingerprint density at radius 2 is 1.78 bits per heavy atom. The van der Waals surface area contributed by atoms with Crippen LogP contribution in [0.1, 0.15) is 36.7 Å². The van der Waals surface area contributed by atoms with Gasteiger partial charge in [-0.15, -0.1) is 0 Å². The molecule has 0 fully saturated rings. The summed E-state index contributed by atoms with van der Waals surface area (Å²) in [5.74, 6) is -0.330. The number of amides is 2. The van der Waals surface area contributed by atoms with E-state index in [1.54, 1.807) is 48.5 Å². The predicted molar refractivity (Wildman–Crippen MR) is 103 cm³/mol. The van der Waals surface area contributed by atoms with Crippen molar-refractivity contribution in [3.63, 3.8) is 0 Å². The van der Waals surface area contributed by atoms with Crippen molar-refractivity contribution >= 4 is 17.5 Å². The maximum atomic E-state index is 12.7. The standard InChI is InChI=1S/C21H23N3O3/c1-4-27-18-8-6-5-7-17(18)20(25)24-19(14(2)3)21(26)23-16-11-9-15(13-22)10-12-16/h5-12,14,19H,4H2,1-3H3,(H,23,26)(H,24,25). The van der Waals surface area contributed by atoms with Crippen LogP contribution in [-0.4, -0.2) is 24.5 Å². The second-order valence-corrected chi connectivity index (χ2v) is 6.30. The minimum absolute atomic E-state index is 0.119. The van der Waals surface area contributed by atoms with Crippen LogP contribution in [-0.2, 0) is 4.79 Å². The second-order valence-electron chi connectivity index (χ2n) is 6.30. The van der Waals surface area contributed by atoms with Gasteiger partial charge in [0, 0.05) is 5.69 Å². The highest BCUT2D eigenvalue weighted by Crippen LogP contribution is 2.19. The van der Waals surface area contributed by atoms with Crippen LogP contribution in [0.2, 0.25) is 0 Å². The lowest BCUT2D eigenvalue weighted by molar-refractivity contribution is -0.118. The molecule has 140 valence electrons. The van der Waals surface area contributed by atoms with Gasteiger partial charge in [0.25, 0.3) is 5.91 Å². The molecule has 2 aromatic rings. The SMILES string of the molecule is CCOc1ccccc1C(=O)NC(C(=O)Nc1ccc(C#N)cc1)C(C)C. The van der Waals surface area contributed by atoms with E-state index in [2.05, 4.69) is 10.6 Å². The Morgan fingerprint density at radius 1 is 1.11 bits per heavy atom. The fourth-order valence-corrected chi connectivity index (χ4v) is 2.54. The number of carbonyl (C=O) groups is 2. The number of rotatable bonds is 7. The number of hydrogen-bond donors (Lipinski definition) is 2. The number of para-hydroxylation sites is 1. The van der Waals surface area contributed by atoms with Crippen LogP contribution in [0, 0.1) is 17.2 Å². The van der Waals surface area contributed by atoms with E-state index >= 15 is 0 Å². The van der Waals surface area contributed by atoms with Crippen LogP contribution in [0.4, 0.5) is 5.69 Å². The highest BCUT2D eigenvalue weighted by Gasteiger charge is 2.26. The average Bonchev–Trinajstić information content (AvgIpc) is 2.67. The molecular weight excluding hydrogens is 342 g/mol. The van der Waals surface area contributed by atoms with E-state index in [0.29, 0.717) is 29.2 Å². The molecule has 27 heavy (non-hydrogen) atoms. The summed E-state index contributed by atoms with van der Waals surface area (Å²) >= 11 is 0. The Hall–Kier alpha value is -3.33. The Bertz CT molecular complexity index is 838. The molecule has 0 saturated carbocycles. The Balaban J connectivity index is 2.13. The lowest BCUT2D eigenvalue weighted by atomic mass is 10.0. The first-order valence-electron chi connectivity index (χ1n) is 8.80. The molecule has 0 heterocycles. The van der Waals surface area contributed by atoms with Crippen molar-refractivity contribution in [2.24, 2.45) is 5.92 Å². The fraction of sp³-hybridized carbons (Fsp3) is 0.286. The summed E-state index contributed by atoms with van der Waals surface area (Å²) in [6, 6.07) is 14.8. The van der Waals surface area contributed by atoms with Gasteiger partial charge in [0.05, 0.1) is 23.8 Å². The summed E-state index contributed by atoms with van der Waals surface area (Å²) in [6.45, 7) is 6.00. The second kappa shape index (κ2) is 9.39. The molecule has 2 amide bonds. The molecule has 1 unspecified atom stereocenters. The van der Waals surface area contributed by atoms with E-state index in [0.717, 1.165) is 0 Å². The van der Waals surface area contributed by atoms with Crippen LogP contribution >= 0.6 is 0 Å². The van der Waals surface area contributed by atoms with Crippen LogP contribution in [0.15, 0.2) is 48.5 Å². The first kappa shape index (κ1) is 20.0. The van der Waals surface area contributed by atoms with Gasteiger partial charge in [0.2, 0.25) is 5.91 Å². The Morgan fingerprint density at radius 3 is 2.37 bits per heavy atom. The van der Waals surface area contributed by atoms with Crippen LogP contribution < -0.4 is 15.4 Å². The molecule has 2 aromatic carbocycles. The molecule has 1 atom stereocenters. The monoisotopic (exact) mass is 365 g/mol. The summed E-state index contributed by atoms with van der Waals surface area (Å²) in [6.07, 6.45) is 0. The number of ether oxygens (including phenoxy) is 1. The van der Waals surface area contributed by atoms with Crippen molar-refractivity contribution in [1.82, 2.24) is 5.32 Å². The third-order valence-electron chi connectivity index (χ3n) is 3.95. The molecule has 0 saturated heterocycles. The number of nitrogens with zero attached hydrogens (tertiary/aromatic N) is 1. The fourth-order valence-electron chi connectivity index (χ4n) is 2.54. The van der Waals surface area contributed by atoms with E-state index in [-0.39, 0.29) is 17.7 Å². The Kier molecular flexibility index (Phi) is 6.95. The number of benzene rings is 2. The predicted octanol–water partition coefficient (Wildman–Crippen LogP) is 3.35. The van der Waals surface area contributed by atoms with Gasteiger partial charge in [-0.3, -0.25) is 9.59 Å². The van der Waals surface area contributed by atoms with Gasteiger partial charge in [-0.05, 0) is 49.2 Å². The molecule has 0 radical (unpaired) electrons. The molecule has 2 N–H and O–H groups in total. The summed E-state index contributed by atoms with van der Waals surface area (Å²) in [7, 11) is 0. The normalized spacial score (nSPS) is 11.4. The maximum Gasteiger partial charge on any atom is 0.255 e. The average molecular weight is 365 g/mol. The van der Waals surface area contributed by atoms with Gasteiger partial charge in [-0.2, -0.15) is 5.26 Å². The van der Waals surface area contributed by atoms with E-state index in [4.69, 9.17) is 10.00 Å². The molecule has 6 heteroatoms. The molecule has 0 aromatic heterocycles. The zero-order chi connectivity index (χ0) is 19.8. The summed E-state index contributed by atoms with van der Waals surface area (Å²) in [5, 5.41) is 14.4. The molecule has 0 aliphatic heterocycles. The molecule has 0 aliphatic carbocycles.